The second-order valence-electron chi connectivity index (χ2n) is 7.31. The molecule has 3 aromatic rings. The van der Waals surface area contributed by atoms with Crippen LogP contribution in [0.1, 0.15) is 40.2 Å². The van der Waals surface area contributed by atoms with E-state index in [1.54, 1.807) is 4.90 Å². The van der Waals surface area contributed by atoms with Crippen LogP contribution < -0.4 is 11.4 Å². The Bertz CT molecular complexity index is 1130. The minimum atomic E-state index is -0.832. The van der Waals surface area contributed by atoms with Crippen molar-refractivity contribution in [3.05, 3.63) is 69.6 Å². The van der Waals surface area contributed by atoms with Crippen molar-refractivity contribution >= 4 is 16.9 Å². The summed E-state index contributed by atoms with van der Waals surface area (Å²) in [5.74, 6) is -0.944. The van der Waals surface area contributed by atoms with E-state index in [-0.39, 0.29) is 22.8 Å². The van der Waals surface area contributed by atoms with Crippen molar-refractivity contribution in [3.8, 4) is 11.5 Å². The van der Waals surface area contributed by atoms with Crippen LogP contribution in [-0.4, -0.2) is 34.1 Å². The molecule has 0 spiro atoms. The second kappa shape index (κ2) is 7.60. The number of nitrogens with zero attached hydrogens (tertiary/aromatic N) is 1. The lowest BCUT2D eigenvalue weighted by molar-refractivity contribution is 0.0709. The summed E-state index contributed by atoms with van der Waals surface area (Å²) >= 11 is 0. The molecule has 0 bridgehead atoms. The van der Waals surface area contributed by atoms with Crippen LogP contribution in [0.2, 0.25) is 0 Å². The molecule has 2 heterocycles. The molecule has 1 aliphatic rings. The zero-order chi connectivity index (χ0) is 20.5. The summed E-state index contributed by atoms with van der Waals surface area (Å²) in [7, 11) is 0. The molecule has 0 atom stereocenters. The molecule has 0 unspecified atom stereocenters. The van der Waals surface area contributed by atoms with Crippen molar-refractivity contribution in [3.63, 3.8) is 0 Å². The summed E-state index contributed by atoms with van der Waals surface area (Å²) in [5.41, 5.74) is 6.99. The fraction of sp³-hybridized carbons (Fsp3) is 0.273. The molecule has 1 amide bonds. The maximum Gasteiger partial charge on any atom is 0.349 e. The molecule has 29 heavy (non-hydrogen) atoms. The predicted molar refractivity (Wildman–Crippen MR) is 108 cm³/mol. The van der Waals surface area contributed by atoms with Gasteiger partial charge in [0, 0.05) is 25.0 Å². The lowest BCUT2D eigenvalue weighted by Crippen LogP contribution is -2.39. The number of piperidine rings is 1. The normalized spacial score (nSPS) is 15.0. The van der Waals surface area contributed by atoms with Crippen molar-refractivity contribution in [2.75, 3.05) is 13.1 Å². The van der Waals surface area contributed by atoms with Crippen LogP contribution >= 0.6 is 0 Å². The molecule has 0 aliphatic carbocycles. The quantitative estimate of drug-likeness (QED) is 0.464. The first-order valence-corrected chi connectivity index (χ1v) is 9.55. The highest BCUT2D eigenvalue weighted by molar-refractivity contribution is 5.97. The van der Waals surface area contributed by atoms with Gasteiger partial charge in [-0.25, -0.2) is 4.79 Å². The van der Waals surface area contributed by atoms with E-state index in [0.717, 1.165) is 18.4 Å². The SMILES string of the molecule is NCc1cccc(C2CCN(C(=O)c3cc4ccc(O)c(O)c4oc3=O)CC2)c1. The van der Waals surface area contributed by atoms with Crippen LogP contribution in [0.4, 0.5) is 0 Å². The molecule has 1 saturated heterocycles. The van der Waals surface area contributed by atoms with Gasteiger partial charge in [0.15, 0.2) is 11.3 Å². The maximum absolute atomic E-state index is 12.9. The molecule has 4 rings (SSSR count). The molecule has 7 heteroatoms. The van der Waals surface area contributed by atoms with Crippen LogP contribution in [0.3, 0.4) is 0 Å². The number of aromatic hydroxyl groups is 2. The number of phenolic OH excluding ortho intramolecular Hbond substituents is 2. The first kappa shape index (κ1) is 19.0. The van der Waals surface area contributed by atoms with Gasteiger partial charge in [0.25, 0.3) is 5.91 Å². The Morgan fingerprint density at radius 1 is 1.14 bits per heavy atom. The molecule has 1 fully saturated rings. The third-order valence-electron chi connectivity index (χ3n) is 5.53. The van der Waals surface area contributed by atoms with Crippen LogP contribution in [-0.2, 0) is 6.54 Å². The van der Waals surface area contributed by atoms with Crippen LogP contribution in [0.15, 0.2) is 51.7 Å². The molecular weight excluding hydrogens is 372 g/mol. The average Bonchev–Trinajstić information content (AvgIpc) is 2.76. The number of rotatable bonds is 3. The molecule has 0 radical (unpaired) electrons. The summed E-state index contributed by atoms with van der Waals surface area (Å²) in [4.78, 5) is 26.9. The Hall–Kier alpha value is -3.32. The number of carbonyl (C=O) groups excluding carboxylic acids is 1. The largest absolute Gasteiger partial charge is 0.504 e. The van der Waals surface area contributed by atoms with Gasteiger partial charge in [0.05, 0.1) is 0 Å². The fourth-order valence-corrected chi connectivity index (χ4v) is 3.87. The summed E-state index contributed by atoms with van der Waals surface area (Å²) in [6, 6.07) is 12.4. The number of likely N-dealkylation sites (tertiary alicyclic amines) is 1. The number of hydrogen-bond acceptors (Lipinski definition) is 6. The molecule has 7 nitrogen and oxygen atoms in total. The van der Waals surface area contributed by atoms with Crippen molar-refractivity contribution in [2.45, 2.75) is 25.3 Å². The summed E-state index contributed by atoms with van der Waals surface area (Å²) in [6.07, 6.45) is 1.60. The second-order valence-corrected chi connectivity index (χ2v) is 7.31. The molecule has 1 aliphatic heterocycles. The van der Waals surface area contributed by atoms with Gasteiger partial charge in [-0.05, 0) is 48.1 Å². The molecule has 1 aromatic heterocycles. The van der Waals surface area contributed by atoms with E-state index in [9.17, 15) is 19.8 Å². The van der Waals surface area contributed by atoms with Gasteiger partial charge in [-0.15, -0.1) is 0 Å². The van der Waals surface area contributed by atoms with Gasteiger partial charge in [-0.3, -0.25) is 4.79 Å². The van der Waals surface area contributed by atoms with Crippen molar-refractivity contribution in [1.82, 2.24) is 4.90 Å². The van der Waals surface area contributed by atoms with E-state index in [1.807, 2.05) is 12.1 Å². The van der Waals surface area contributed by atoms with Gasteiger partial charge in [0.2, 0.25) is 5.75 Å². The predicted octanol–water partition coefficient (Wildman–Crippen LogP) is 2.68. The van der Waals surface area contributed by atoms with Crippen molar-refractivity contribution in [1.29, 1.82) is 0 Å². The van der Waals surface area contributed by atoms with E-state index in [1.165, 1.54) is 23.8 Å². The van der Waals surface area contributed by atoms with E-state index < -0.39 is 11.4 Å². The number of amides is 1. The van der Waals surface area contributed by atoms with Gasteiger partial charge < -0.3 is 25.3 Å². The topological polar surface area (TPSA) is 117 Å². The molecular formula is C22H22N2O5. The lowest BCUT2D eigenvalue weighted by Gasteiger charge is -2.32. The Kier molecular flexibility index (Phi) is 4.98. The van der Waals surface area contributed by atoms with E-state index >= 15 is 0 Å². The van der Waals surface area contributed by atoms with Crippen LogP contribution in [0.5, 0.6) is 11.5 Å². The monoisotopic (exact) mass is 394 g/mol. The fourth-order valence-electron chi connectivity index (χ4n) is 3.87. The zero-order valence-electron chi connectivity index (χ0n) is 15.8. The minimum absolute atomic E-state index is 0.0776. The van der Waals surface area contributed by atoms with Crippen LogP contribution in [0.25, 0.3) is 11.0 Å². The van der Waals surface area contributed by atoms with Gasteiger partial charge in [0.1, 0.15) is 5.56 Å². The number of carbonyl (C=O) groups is 1. The Morgan fingerprint density at radius 3 is 2.62 bits per heavy atom. The smallest absolute Gasteiger partial charge is 0.349 e. The van der Waals surface area contributed by atoms with E-state index in [2.05, 4.69) is 12.1 Å². The van der Waals surface area contributed by atoms with Gasteiger partial charge in [-0.2, -0.15) is 0 Å². The minimum Gasteiger partial charge on any atom is -0.504 e. The molecule has 2 aromatic carbocycles. The summed E-state index contributed by atoms with van der Waals surface area (Å²) < 4.78 is 5.11. The lowest BCUT2D eigenvalue weighted by atomic mass is 9.88. The number of phenols is 2. The standard InChI is InChI=1S/C22H22N2O5/c23-12-13-2-1-3-15(10-13)14-6-8-24(9-7-14)21(27)17-11-16-4-5-18(25)19(26)20(16)29-22(17)28/h1-5,10-11,14,25-26H,6-9,12,23H2. The number of nitrogens with two attached hydrogens (primary N) is 1. The number of hydrogen-bond donors (Lipinski definition) is 3. The molecule has 4 N–H and O–H groups in total. The van der Waals surface area contributed by atoms with E-state index in [0.29, 0.717) is 30.9 Å². The van der Waals surface area contributed by atoms with Crippen molar-refractivity contribution in [2.24, 2.45) is 5.73 Å². The first-order valence-electron chi connectivity index (χ1n) is 9.55. The van der Waals surface area contributed by atoms with E-state index in [4.69, 9.17) is 10.2 Å². The van der Waals surface area contributed by atoms with Gasteiger partial charge >= 0.3 is 5.63 Å². The molecule has 150 valence electrons. The highest BCUT2D eigenvalue weighted by Gasteiger charge is 2.27. The highest BCUT2D eigenvalue weighted by atomic mass is 16.4. The highest BCUT2D eigenvalue weighted by Crippen LogP contribution is 2.33. The van der Waals surface area contributed by atoms with Crippen molar-refractivity contribution < 1.29 is 19.4 Å². The average molecular weight is 394 g/mol. The summed E-state index contributed by atoms with van der Waals surface area (Å²) in [5, 5.41) is 19.8. The zero-order valence-corrected chi connectivity index (χ0v) is 15.8. The number of fused-ring (bicyclic) bond motifs is 1. The Balaban J connectivity index is 1.53. The Morgan fingerprint density at radius 2 is 1.90 bits per heavy atom. The third kappa shape index (κ3) is 3.56. The maximum atomic E-state index is 12.9. The Labute approximate surface area is 167 Å². The molecule has 0 saturated carbocycles. The van der Waals surface area contributed by atoms with Crippen LogP contribution in [0, 0.1) is 0 Å². The summed E-state index contributed by atoms with van der Waals surface area (Å²) in [6.45, 7) is 1.57. The number of benzene rings is 2. The van der Waals surface area contributed by atoms with Gasteiger partial charge in [-0.1, -0.05) is 24.3 Å². The first-order chi connectivity index (χ1) is 14.0. The third-order valence-corrected chi connectivity index (χ3v) is 5.53.